The average molecular weight is 258 g/mol. The molecule has 6 heteroatoms. The lowest BCUT2D eigenvalue weighted by molar-refractivity contribution is -0.142. The lowest BCUT2D eigenvalue weighted by Gasteiger charge is -2.14. The fourth-order valence-electron chi connectivity index (χ4n) is 1.44. The van der Waals surface area contributed by atoms with Gasteiger partial charge in [0.2, 0.25) is 11.8 Å². The van der Waals surface area contributed by atoms with Gasteiger partial charge in [0.1, 0.15) is 6.04 Å². The highest BCUT2D eigenvalue weighted by molar-refractivity contribution is 5.84. The zero-order chi connectivity index (χ0) is 14.1. The van der Waals surface area contributed by atoms with Gasteiger partial charge in [-0.15, -0.1) is 0 Å². The van der Waals surface area contributed by atoms with Crippen LogP contribution in [0.5, 0.6) is 0 Å². The zero-order valence-electron chi connectivity index (χ0n) is 11.2. The van der Waals surface area contributed by atoms with Crippen molar-refractivity contribution in [3.63, 3.8) is 0 Å². The first-order chi connectivity index (χ1) is 8.38. The highest BCUT2D eigenvalue weighted by Crippen LogP contribution is 2.01. The van der Waals surface area contributed by atoms with Crippen LogP contribution in [0.3, 0.4) is 0 Å². The Morgan fingerprint density at radius 2 is 1.83 bits per heavy atom. The van der Waals surface area contributed by atoms with Gasteiger partial charge in [0.05, 0.1) is 0 Å². The maximum absolute atomic E-state index is 11.5. The Balaban J connectivity index is 3.95. The van der Waals surface area contributed by atoms with Gasteiger partial charge in [0, 0.05) is 26.9 Å². The van der Waals surface area contributed by atoms with Gasteiger partial charge in [0.25, 0.3) is 0 Å². The molecule has 0 aliphatic carbocycles. The standard InChI is InChI=1S/C12H22N2O4/c1-4-6-9(12(17)18)13-10(15)7-5-8-11(16)14(2)3/h9H,4-8H2,1-3H3,(H,13,15)(H,17,18). The van der Waals surface area contributed by atoms with Gasteiger partial charge in [-0.05, 0) is 12.8 Å². The van der Waals surface area contributed by atoms with Crippen LogP contribution in [0.2, 0.25) is 0 Å². The molecule has 0 aliphatic rings. The Labute approximate surface area is 107 Å². The minimum Gasteiger partial charge on any atom is -0.480 e. The van der Waals surface area contributed by atoms with Gasteiger partial charge in [-0.2, -0.15) is 0 Å². The molecule has 0 saturated heterocycles. The first kappa shape index (κ1) is 16.4. The molecule has 0 fully saturated rings. The molecule has 0 aromatic rings. The Kier molecular flexibility index (Phi) is 7.74. The van der Waals surface area contributed by atoms with Gasteiger partial charge in [0.15, 0.2) is 0 Å². The van der Waals surface area contributed by atoms with E-state index in [1.807, 2.05) is 6.92 Å². The quantitative estimate of drug-likeness (QED) is 0.668. The summed E-state index contributed by atoms with van der Waals surface area (Å²) in [6, 6.07) is -0.827. The molecule has 0 bridgehead atoms. The summed E-state index contributed by atoms with van der Waals surface area (Å²) < 4.78 is 0. The minimum atomic E-state index is -1.02. The number of rotatable bonds is 8. The molecule has 1 unspecified atom stereocenters. The van der Waals surface area contributed by atoms with Gasteiger partial charge < -0.3 is 15.3 Å². The number of nitrogens with zero attached hydrogens (tertiary/aromatic N) is 1. The van der Waals surface area contributed by atoms with E-state index in [9.17, 15) is 14.4 Å². The van der Waals surface area contributed by atoms with E-state index in [0.29, 0.717) is 25.7 Å². The van der Waals surface area contributed by atoms with Crippen LogP contribution in [0.15, 0.2) is 0 Å². The summed E-state index contributed by atoms with van der Waals surface area (Å²) in [5, 5.41) is 11.3. The molecule has 0 rings (SSSR count). The SMILES string of the molecule is CCCC(NC(=O)CCCC(=O)N(C)C)C(=O)O. The van der Waals surface area contributed by atoms with E-state index in [1.165, 1.54) is 4.90 Å². The molecule has 0 heterocycles. The Bertz CT molecular complexity index is 302. The second-order valence-corrected chi connectivity index (χ2v) is 4.39. The fraction of sp³-hybridized carbons (Fsp3) is 0.750. The van der Waals surface area contributed by atoms with Crippen LogP contribution in [0.4, 0.5) is 0 Å². The number of carbonyl (C=O) groups excluding carboxylic acids is 2. The van der Waals surface area contributed by atoms with E-state index in [0.717, 1.165) is 0 Å². The van der Waals surface area contributed by atoms with E-state index < -0.39 is 12.0 Å². The first-order valence-electron chi connectivity index (χ1n) is 6.10. The lowest BCUT2D eigenvalue weighted by atomic mass is 10.1. The van der Waals surface area contributed by atoms with Crippen molar-refractivity contribution in [2.45, 2.75) is 45.1 Å². The largest absolute Gasteiger partial charge is 0.480 e. The predicted molar refractivity (Wildman–Crippen MR) is 67.0 cm³/mol. The van der Waals surface area contributed by atoms with E-state index in [1.54, 1.807) is 14.1 Å². The van der Waals surface area contributed by atoms with Crippen LogP contribution < -0.4 is 5.32 Å². The van der Waals surface area contributed by atoms with Crippen molar-refractivity contribution in [1.29, 1.82) is 0 Å². The Morgan fingerprint density at radius 3 is 2.28 bits per heavy atom. The van der Waals surface area contributed by atoms with E-state index >= 15 is 0 Å². The molecule has 2 N–H and O–H groups in total. The number of hydrogen-bond donors (Lipinski definition) is 2. The Hall–Kier alpha value is -1.59. The normalized spacial score (nSPS) is 11.7. The first-order valence-corrected chi connectivity index (χ1v) is 6.10. The molecule has 0 aromatic heterocycles. The van der Waals surface area contributed by atoms with Gasteiger partial charge >= 0.3 is 5.97 Å². The number of aliphatic carboxylic acids is 1. The monoisotopic (exact) mass is 258 g/mol. The lowest BCUT2D eigenvalue weighted by Crippen LogP contribution is -2.40. The molecule has 0 spiro atoms. The van der Waals surface area contributed by atoms with Crippen LogP contribution in [0.1, 0.15) is 39.0 Å². The number of carboxylic acids is 1. The minimum absolute atomic E-state index is 0.0360. The fourth-order valence-corrected chi connectivity index (χ4v) is 1.44. The third-order valence-corrected chi connectivity index (χ3v) is 2.50. The third kappa shape index (κ3) is 6.88. The third-order valence-electron chi connectivity index (χ3n) is 2.50. The molecule has 2 amide bonds. The number of carbonyl (C=O) groups is 3. The van der Waals surface area contributed by atoms with E-state index in [4.69, 9.17) is 5.11 Å². The maximum Gasteiger partial charge on any atom is 0.326 e. The summed E-state index contributed by atoms with van der Waals surface area (Å²) in [4.78, 5) is 35.0. The van der Waals surface area contributed by atoms with Crippen molar-refractivity contribution in [2.75, 3.05) is 14.1 Å². The molecular formula is C12H22N2O4. The van der Waals surface area contributed by atoms with Crippen molar-refractivity contribution < 1.29 is 19.5 Å². The number of hydrogen-bond acceptors (Lipinski definition) is 3. The van der Waals surface area contributed by atoms with Crippen molar-refractivity contribution in [2.24, 2.45) is 0 Å². The van der Waals surface area contributed by atoms with Gasteiger partial charge in [-0.3, -0.25) is 9.59 Å². The van der Waals surface area contributed by atoms with Gasteiger partial charge in [-0.25, -0.2) is 4.79 Å². The number of amides is 2. The smallest absolute Gasteiger partial charge is 0.326 e. The van der Waals surface area contributed by atoms with Crippen molar-refractivity contribution in [1.82, 2.24) is 10.2 Å². The molecule has 6 nitrogen and oxygen atoms in total. The predicted octanol–water partition coefficient (Wildman–Crippen LogP) is 0.614. The molecular weight excluding hydrogens is 236 g/mol. The molecule has 0 aliphatic heterocycles. The van der Waals surface area contributed by atoms with E-state index in [2.05, 4.69) is 5.32 Å². The summed E-state index contributed by atoms with van der Waals surface area (Å²) in [6.07, 6.45) is 2.01. The number of carboxylic acid groups (broad SMARTS) is 1. The van der Waals surface area contributed by atoms with Crippen LogP contribution >= 0.6 is 0 Å². The van der Waals surface area contributed by atoms with Crippen molar-refractivity contribution >= 4 is 17.8 Å². The number of nitrogens with one attached hydrogen (secondary N) is 1. The van der Waals surface area contributed by atoms with Crippen LogP contribution in [0, 0.1) is 0 Å². The van der Waals surface area contributed by atoms with Crippen LogP contribution in [-0.4, -0.2) is 47.9 Å². The summed E-state index contributed by atoms with van der Waals surface area (Å²) in [5.41, 5.74) is 0. The van der Waals surface area contributed by atoms with Crippen molar-refractivity contribution in [3.05, 3.63) is 0 Å². The maximum atomic E-state index is 11.5. The summed E-state index contributed by atoms with van der Waals surface area (Å²) in [5.74, 6) is -1.37. The van der Waals surface area contributed by atoms with E-state index in [-0.39, 0.29) is 18.2 Å². The summed E-state index contributed by atoms with van der Waals surface area (Å²) >= 11 is 0. The Morgan fingerprint density at radius 1 is 1.22 bits per heavy atom. The summed E-state index contributed by atoms with van der Waals surface area (Å²) in [7, 11) is 3.31. The second kappa shape index (κ2) is 8.49. The van der Waals surface area contributed by atoms with Gasteiger partial charge in [-0.1, -0.05) is 13.3 Å². The highest BCUT2D eigenvalue weighted by atomic mass is 16.4. The van der Waals surface area contributed by atoms with Crippen molar-refractivity contribution in [3.8, 4) is 0 Å². The van der Waals surface area contributed by atoms with Crippen LogP contribution in [0.25, 0.3) is 0 Å². The molecule has 0 aromatic carbocycles. The topological polar surface area (TPSA) is 86.7 Å². The second-order valence-electron chi connectivity index (χ2n) is 4.39. The average Bonchev–Trinajstić information content (AvgIpc) is 2.27. The molecule has 18 heavy (non-hydrogen) atoms. The van der Waals surface area contributed by atoms with Crippen LogP contribution in [-0.2, 0) is 14.4 Å². The molecule has 1 atom stereocenters. The molecule has 0 radical (unpaired) electrons. The summed E-state index contributed by atoms with van der Waals surface area (Å²) in [6.45, 7) is 1.86. The molecule has 0 saturated carbocycles. The molecule has 104 valence electrons. The zero-order valence-corrected chi connectivity index (χ0v) is 11.2. The highest BCUT2D eigenvalue weighted by Gasteiger charge is 2.18.